The van der Waals surface area contributed by atoms with Crippen molar-refractivity contribution < 1.29 is 58.2 Å². The minimum absolute atomic E-state index is 0.0177. The maximum atomic E-state index is 11.7. The van der Waals surface area contributed by atoms with Gasteiger partial charge in [0.25, 0.3) is 0 Å². The summed E-state index contributed by atoms with van der Waals surface area (Å²) in [4.78, 5) is 43.9. The molecule has 17 heteroatoms. The summed E-state index contributed by atoms with van der Waals surface area (Å²) in [5.41, 5.74) is 0. The number of aromatic nitrogens is 3. The first-order valence-corrected chi connectivity index (χ1v) is 17.3. The predicted octanol–water partition coefficient (Wildman–Crippen LogP) is 5.88. The molecule has 0 bridgehead atoms. The summed E-state index contributed by atoms with van der Waals surface area (Å²) in [5, 5.41) is 28.4. The molecule has 0 saturated heterocycles. The average Bonchev–Trinajstić information content (AvgIpc) is 3.81. The normalized spacial score (nSPS) is 10.1. The lowest BCUT2D eigenvalue weighted by Gasteiger charge is -2.02. The Morgan fingerprint density at radius 2 is 1.10 bits per heavy atom. The van der Waals surface area contributed by atoms with Gasteiger partial charge in [-0.15, -0.1) is 34.0 Å². The van der Waals surface area contributed by atoms with Gasteiger partial charge in [0.15, 0.2) is 26.1 Å². The van der Waals surface area contributed by atoms with Crippen LogP contribution in [-0.4, -0.2) is 84.4 Å². The van der Waals surface area contributed by atoms with Gasteiger partial charge in [0, 0.05) is 58.9 Å². The highest BCUT2D eigenvalue weighted by Gasteiger charge is 2.23. The van der Waals surface area contributed by atoms with Crippen molar-refractivity contribution >= 4 is 82.2 Å². The lowest BCUT2D eigenvalue weighted by molar-refractivity contribution is -0.903. The first kappa shape index (κ1) is 39.3. The monoisotopic (exact) mass is 746 g/mol. The summed E-state index contributed by atoms with van der Waals surface area (Å²) >= 11 is 3.75. The van der Waals surface area contributed by atoms with Crippen LogP contribution in [0.4, 0.5) is 0 Å². The minimum atomic E-state index is -0.490. The lowest BCUT2D eigenvalue weighted by Crippen LogP contribution is -2.27. The third kappa shape index (κ3) is 9.12. The van der Waals surface area contributed by atoms with Crippen LogP contribution in [0.5, 0.6) is 17.2 Å². The molecule has 6 heterocycles. The van der Waals surface area contributed by atoms with Crippen LogP contribution >= 0.6 is 34.0 Å². The molecule has 6 rings (SSSR count). The zero-order chi connectivity index (χ0) is 36.8. The van der Waals surface area contributed by atoms with Gasteiger partial charge in [0.05, 0.1) is 43.4 Å². The molecule has 0 unspecified atom stereocenters. The number of aliphatic hydroxyl groups excluding tert-OH is 1. The van der Waals surface area contributed by atoms with E-state index in [2.05, 4.69) is 9.97 Å². The number of rotatable bonds is 8. The molecule has 0 aliphatic carbocycles. The molecule has 0 amide bonds. The first-order valence-electron chi connectivity index (χ1n) is 14.8. The molecule has 50 heavy (non-hydrogen) atoms. The zero-order valence-electron chi connectivity index (χ0n) is 28.0. The van der Waals surface area contributed by atoms with Gasteiger partial charge in [-0.3, -0.25) is 15.2 Å². The Balaban J connectivity index is 0.000000198. The van der Waals surface area contributed by atoms with E-state index in [1.54, 1.807) is 64.8 Å². The molecular weight excluding hydrogens is 711 g/mol. The van der Waals surface area contributed by atoms with Gasteiger partial charge in [0.2, 0.25) is 12.4 Å². The lowest BCUT2D eigenvalue weighted by atomic mass is 10.3. The second kappa shape index (κ2) is 19.2. The van der Waals surface area contributed by atoms with E-state index in [4.69, 9.17) is 28.8 Å². The molecule has 0 aromatic carbocycles. The number of hydrogen-bond acceptors (Lipinski definition) is 16. The van der Waals surface area contributed by atoms with E-state index in [1.165, 1.54) is 53.5 Å². The van der Waals surface area contributed by atoms with Gasteiger partial charge in [-0.1, -0.05) is 0 Å². The highest BCUT2D eigenvalue weighted by Crippen LogP contribution is 2.39. The Morgan fingerprint density at radius 1 is 0.680 bits per heavy atom. The topological polar surface area (TPSA) is 188 Å². The minimum Gasteiger partial charge on any atom is -0.505 e. The number of carbonyl (C=O) groups excluding carboxylic acids is 3. The number of carbonyl (C=O) groups is 3. The smallest absolute Gasteiger partial charge is 0.352 e. The van der Waals surface area contributed by atoms with Crippen LogP contribution in [0, 0.1) is 0 Å². The van der Waals surface area contributed by atoms with Crippen molar-refractivity contribution in [1.29, 1.82) is 0 Å². The summed E-state index contributed by atoms with van der Waals surface area (Å²) < 4.78 is 28.6. The third-order valence-electron chi connectivity index (χ3n) is 6.28. The van der Waals surface area contributed by atoms with Crippen molar-refractivity contribution in [1.82, 2.24) is 9.97 Å². The fourth-order valence-electron chi connectivity index (χ4n) is 4.28. The molecule has 0 fully saturated rings. The number of pyridine rings is 3. The van der Waals surface area contributed by atoms with E-state index >= 15 is 0 Å². The van der Waals surface area contributed by atoms with Crippen molar-refractivity contribution in [2.45, 2.75) is 20.8 Å². The van der Waals surface area contributed by atoms with Gasteiger partial charge in [0.1, 0.15) is 10.4 Å². The average molecular weight is 747 g/mol. The van der Waals surface area contributed by atoms with Crippen LogP contribution in [0.25, 0.3) is 30.3 Å². The van der Waals surface area contributed by atoms with Gasteiger partial charge in [-0.25, -0.2) is 14.4 Å². The second-order valence-corrected chi connectivity index (χ2v) is 12.4. The summed E-state index contributed by atoms with van der Waals surface area (Å²) in [6.07, 6.45) is 9.57. The summed E-state index contributed by atoms with van der Waals surface area (Å²) in [7, 11) is 4.05. The largest absolute Gasteiger partial charge is 0.505 e. The number of methoxy groups -OCH3 is 2. The van der Waals surface area contributed by atoms with Crippen molar-refractivity contribution in [3.63, 3.8) is 0 Å². The molecule has 0 aliphatic heterocycles. The SMILES string of the molecule is CCOC(=O)c1sc2c[n+](O)ccc2c1OC.CCOC(=O)c1sc2cnccc2c1O.CCOC(=O)c1sc2cnccc2c1OC.CO. The number of fused-ring (bicyclic) bond motifs is 3. The fourth-order valence-corrected chi connectivity index (χ4v) is 7.35. The highest BCUT2D eigenvalue weighted by molar-refractivity contribution is 7.22. The van der Waals surface area contributed by atoms with Crippen molar-refractivity contribution in [2.75, 3.05) is 41.2 Å². The molecule has 3 N–H and O–H groups in total. The van der Waals surface area contributed by atoms with E-state index in [0.29, 0.717) is 46.5 Å². The number of aliphatic hydroxyl groups is 1. The quantitative estimate of drug-likeness (QED) is 0.0726. The zero-order valence-corrected chi connectivity index (χ0v) is 30.4. The van der Waals surface area contributed by atoms with E-state index in [1.807, 2.05) is 6.07 Å². The van der Waals surface area contributed by atoms with E-state index in [0.717, 1.165) is 36.7 Å². The molecule has 6 aromatic heterocycles. The molecule has 0 saturated carbocycles. The Kier molecular flexibility index (Phi) is 15.1. The molecule has 6 aromatic rings. The molecule has 266 valence electrons. The van der Waals surface area contributed by atoms with E-state index in [9.17, 15) is 24.7 Å². The Bertz CT molecular complexity index is 2060. The summed E-state index contributed by atoms with van der Waals surface area (Å²) in [6, 6.07) is 5.19. The van der Waals surface area contributed by atoms with Crippen LogP contribution in [0.2, 0.25) is 0 Å². The molecule has 0 atom stereocenters. The van der Waals surface area contributed by atoms with Crippen molar-refractivity contribution in [2.24, 2.45) is 0 Å². The van der Waals surface area contributed by atoms with Crippen LogP contribution in [0.1, 0.15) is 49.8 Å². The summed E-state index contributed by atoms with van der Waals surface area (Å²) in [5.74, 6) is -0.201. The van der Waals surface area contributed by atoms with Gasteiger partial charge in [-0.05, 0) is 32.9 Å². The predicted molar refractivity (Wildman–Crippen MR) is 189 cm³/mol. The highest BCUT2D eigenvalue weighted by atomic mass is 32.1. The fraction of sp³-hybridized carbons (Fsp3) is 0.273. The molecule has 0 spiro atoms. The van der Waals surface area contributed by atoms with E-state index in [-0.39, 0.29) is 16.6 Å². The maximum absolute atomic E-state index is 11.7. The second-order valence-electron chi connectivity index (χ2n) is 9.22. The number of esters is 3. The van der Waals surface area contributed by atoms with E-state index < -0.39 is 11.9 Å². The molecule has 0 aliphatic rings. The van der Waals surface area contributed by atoms with Crippen molar-refractivity contribution in [3.8, 4) is 17.2 Å². The number of nitrogens with zero attached hydrogens (tertiary/aromatic N) is 3. The Labute approximate surface area is 298 Å². The van der Waals surface area contributed by atoms with Crippen LogP contribution < -0.4 is 14.2 Å². The van der Waals surface area contributed by atoms with Crippen LogP contribution in [-0.2, 0) is 14.2 Å². The summed E-state index contributed by atoms with van der Waals surface area (Å²) in [6.45, 7) is 6.22. The first-order chi connectivity index (χ1) is 24.2. The standard InChI is InChI=1S/C11H12NO4S.C11H11NO3S.C10H9NO3S.CH4O/c1-3-16-11(13)10-9(15-2)7-4-5-12(14)6-8(7)17-10;1-3-15-11(13)10-9(14-2)7-4-5-12-6-8(7)16-10;1-2-14-10(13)9-8(12)6-3-4-11-5-7(6)15-9;1-2/h4-6,14H,3H2,1-2H3;4-6H,3H2,1-2H3;3-5,12H,2H2,1H3;2H,1H3/q+1;;;. The number of thiophene rings is 3. The van der Waals surface area contributed by atoms with Gasteiger partial charge < -0.3 is 33.9 Å². The van der Waals surface area contributed by atoms with Crippen LogP contribution in [0.15, 0.2) is 55.4 Å². The number of aromatic hydroxyl groups is 1. The Hall–Kier alpha value is -5.10. The molecule has 0 radical (unpaired) electrons. The van der Waals surface area contributed by atoms with Crippen LogP contribution in [0.3, 0.4) is 0 Å². The third-order valence-corrected chi connectivity index (χ3v) is 9.59. The van der Waals surface area contributed by atoms with Gasteiger partial charge >= 0.3 is 17.9 Å². The Morgan fingerprint density at radius 3 is 1.58 bits per heavy atom. The molecule has 14 nitrogen and oxygen atoms in total. The van der Waals surface area contributed by atoms with Gasteiger partial charge in [-0.2, -0.15) is 0 Å². The number of hydrogen-bond donors (Lipinski definition) is 3. The van der Waals surface area contributed by atoms with Crippen molar-refractivity contribution in [3.05, 3.63) is 70.0 Å². The molecular formula is C33H36N3O11S3+. The number of ether oxygens (including phenoxy) is 5. The maximum Gasteiger partial charge on any atom is 0.352 e.